The van der Waals surface area contributed by atoms with Gasteiger partial charge in [0.25, 0.3) is 5.91 Å². The number of aromatic nitrogens is 1. The van der Waals surface area contributed by atoms with Gasteiger partial charge in [0.2, 0.25) is 0 Å². The molecule has 2 aliphatic rings. The van der Waals surface area contributed by atoms with E-state index in [4.69, 9.17) is 0 Å². The molecular formula is C20H23N3O. The monoisotopic (exact) mass is 321 g/mol. The summed E-state index contributed by atoms with van der Waals surface area (Å²) in [6.45, 7) is 0.951. The number of anilines is 2. The summed E-state index contributed by atoms with van der Waals surface area (Å²) in [5.74, 6) is -0.0452. The van der Waals surface area contributed by atoms with E-state index in [0.717, 1.165) is 31.5 Å². The van der Waals surface area contributed by atoms with Gasteiger partial charge in [0, 0.05) is 30.2 Å². The molecule has 0 atom stereocenters. The summed E-state index contributed by atoms with van der Waals surface area (Å²) in [4.78, 5) is 19.1. The minimum atomic E-state index is -0.0452. The largest absolute Gasteiger partial charge is 0.348 e. The number of carbonyl (C=O) groups excluding carboxylic acids is 1. The molecule has 1 saturated carbocycles. The van der Waals surface area contributed by atoms with Gasteiger partial charge < -0.3 is 10.2 Å². The molecule has 0 saturated heterocycles. The Bertz CT molecular complexity index is 737. The van der Waals surface area contributed by atoms with Crippen LogP contribution < -0.4 is 10.2 Å². The van der Waals surface area contributed by atoms with Gasteiger partial charge >= 0.3 is 0 Å². The number of rotatable bonds is 3. The van der Waals surface area contributed by atoms with Crippen LogP contribution in [0, 0.1) is 0 Å². The first-order chi connectivity index (χ1) is 11.8. The van der Waals surface area contributed by atoms with Gasteiger partial charge in [-0.05, 0) is 43.0 Å². The van der Waals surface area contributed by atoms with E-state index in [0.29, 0.717) is 11.7 Å². The summed E-state index contributed by atoms with van der Waals surface area (Å²) >= 11 is 0. The van der Waals surface area contributed by atoms with Crippen molar-refractivity contribution in [1.82, 2.24) is 10.3 Å². The van der Waals surface area contributed by atoms with Gasteiger partial charge in [0.05, 0.1) is 0 Å². The Hall–Kier alpha value is -2.36. The highest BCUT2D eigenvalue weighted by Crippen LogP contribution is 2.34. The van der Waals surface area contributed by atoms with E-state index in [1.54, 1.807) is 6.20 Å². The van der Waals surface area contributed by atoms with Crippen LogP contribution in [0.1, 0.15) is 48.2 Å². The zero-order valence-corrected chi connectivity index (χ0v) is 13.9. The number of carbonyl (C=O) groups is 1. The predicted molar refractivity (Wildman–Crippen MR) is 95.7 cm³/mol. The van der Waals surface area contributed by atoms with Gasteiger partial charge in [-0.15, -0.1) is 0 Å². The Morgan fingerprint density at radius 1 is 1.12 bits per heavy atom. The summed E-state index contributed by atoms with van der Waals surface area (Å²) in [5.41, 5.74) is 4.16. The number of amides is 1. The molecule has 1 aliphatic carbocycles. The van der Waals surface area contributed by atoms with Crippen LogP contribution in [0.4, 0.5) is 11.4 Å². The average Bonchev–Trinajstić information content (AvgIpc) is 3.07. The fraction of sp³-hybridized carbons (Fsp3) is 0.400. The van der Waals surface area contributed by atoms with E-state index in [2.05, 4.69) is 39.5 Å². The van der Waals surface area contributed by atoms with Gasteiger partial charge in [-0.2, -0.15) is 0 Å². The number of nitrogens with one attached hydrogen (secondary N) is 1. The SMILES string of the molecule is O=C(NC1CCCCC1)c1cc(N2CCc3ccccc32)ccn1. The molecule has 1 aromatic carbocycles. The van der Waals surface area contributed by atoms with Crippen LogP contribution in [0.25, 0.3) is 0 Å². The normalized spacial score (nSPS) is 17.6. The van der Waals surface area contributed by atoms with Crippen molar-refractivity contribution >= 4 is 17.3 Å². The molecule has 1 fully saturated rings. The van der Waals surface area contributed by atoms with Crippen LogP contribution in [-0.2, 0) is 6.42 Å². The van der Waals surface area contributed by atoms with Crippen LogP contribution in [0.15, 0.2) is 42.6 Å². The molecule has 0 spiro atoms. The number of para-hydroxylation sites is 1. The highest BCUT2D eigenvalue weighted by Gasteiger charge is 2.22. The third kappa shape index (κ3) is 3.01. The maximum absolute atomic E-state index is 12.5. The Kier molecular flexibility index (Phi) is 4.20. The number of nitrogens with zero attached hydrogens (tertiary/aromatic N) is 2. The molecule has 0 radical (unpaired) electrons. The van der Waals surface area contributed by atoms with Gasteiger partial charge in [-0.1, -0.05) is 37.5 Å². The van der Waals surface area contributed by atoms with Crippen LogP contribution in [-0.4, -0.2) is 23.5 Å². The minimum absolute atomic E-state index is 0.0452. The molecule has 4 heteroatoms. The lowest BCUT2D eigenvalue weighted by molar-refractivity contribution is 0.0922. The maximum atomic E-state index is 12.5. The Morgan fingerprint density at radius 2 is 1.96 bits per heavy atom. The van der Waals surface area contributed by atoms with Crippen LogP contribution in [0.3, 0.4) is 0 Å². The lowest BCUT2D eigenvalue weighted by Gasteiger charge is -2.23. The molecule has 0 bridgehead atoms. The van der Waals surface area contributed by atoms with Crippen LogP contribution in [0.5, 0.6) is 0 Å². The van der Waals surface area contributed by atoms with Crippen molar-refractivity contribution < 1.29 is 4.79 Å². The topological polar surface area (TPSA) is 45.2 Å². The molecule has 4 rings (SSSR count). The zero-order valence-electron chi connectivity index (χ0n) is 13.9. The second kappa shape index (κ2) is 6.63. The van der Waals surface area contributed by atoms with E-state index in [-0.39, 0.29) is 5.91 Å². The van der Waals surface area contributed by atoms with Crippen LogP contribution in [0.2, 0.25) is 0 Å². The second-order valence-electron chi connectivity index (χ2n) is 6.74. The van der Waals surface area contributed by atoms with E-state index >= 15 is 0 Å². The molecule has 1 aliphatic heterocycles. The van der Waals surface area contributed by atoms with Crippen molar-refractivity contribution in [2.75, 3.05) is 11.4 Å². The smallest absolute Gasteiger partial charge is 0.270 e. The number of hydrogen-bond acceptors (Lipinski definition) is 3. The molecule has 2 heterocycles. The summed E-state index contributed by atoms with van der Waals surface area (Å²) < 4.78 is 0. The number of benzene rings is 1. The molecule has 1 aromatic heterocycles. The van der Waals surface area contributed by atoms with Gasteiger partial charge in [0.1, 0.15) is 5.69 Å². The molecule has 0 unspecified atom stereocenters. The minimum Gasteiger partial charge on any atom is -0.348 e. The average molecular weight is 321 g/mol. The second-order valence-corrected chi connectivity index (χ2v) is 6.74. The summed E-state index contributed by atoms with van der Waals surface area (Å²) in [7, 11) is 0. The lowest BCUT2D eigenvalue weighted by atomic mass is 9.95. The van der Waals surface area contributed by atoms with E-state index in [1.165, 1.54) is 30.5 Å². The number of pyridine rings is 1. The maximum Gasteiger partial charge on any atom is 0.270 e. The van der Waals surface area contributed by atoms with Gasteiger partial charge in [0.15, 0.2) is 0 Å². The van der Waals surface area contributed by atoms with E-state index < -0.39 is 0 Å². The van der Waals surface area contributed by atoms with Gasteiger partial charge in [-0.3, -0.25) is 9.78 Å². The van der Waals surface area contributed by atoms with Crippen molar-refractivity contribution in [3.8, 4) is 0 Å². The number of fused-ring (bicyclic) bond motifs is 1. The van der Waals surface area contributed by atoms with E-state index in [9.17, 15) is 4.79 Å². The van der Waals surface area contributed by atoms with Crippen molar-refractivity contribution in [1.29, 1.82) is 0 Å². The summed E-state index contributed by atoms with van der Waals surface area (Å²) in [5, 5.41) is 3.15. The fourth-order valence-corrected chi connectivity index (χ4v) is 3.82. The quantitative estimate of drug-likeness (QED) is 0.934. The van der Waals surface area contributed by atoms with E-state index in [1.807, 2.05) is 12.1 Å². The first kappa shape index (κ1) is 15.2. The van der Waals surface area contributed by atoms with Crippen molar-refractivity contribution in [3.05, 3.63) is 53.9 Å². The molecule has 4 nitrogen and oxygen atoms in total. The molecule has 24 heavy (non-hydrogen) atoms. The third-order valence-corrected chi connectivity index (χ3v) is 5.12. The Balaban J connectivity index is 1.53. The first-order valence-corrected chi connectivity index (χ1v) is 8.93. The lowest BCUT2D eigenvalue weighted by Crippen LogP contribution is -2.36. The highest BCUT2D eigenvalue weighted by atomic mass is 16.1. The van der Waals surface area contributed by atoms with Crippen LogP contribution >= 0.6 is 0 Å². The van der Waals surface area contributed by atoms with Crippen molar-refractivity contribution in [3.63, 3.8) is 0 Å². The Morgan fingerprint density at radius 3 is 2.83 bits per heavy atom. The molecule has 1 N–H and O–H groups in total. The van der Waals surface area contributed by atoms with Crippen molar-refractivity contribution in [2.45, 2.75) is 44.6 Å². The van der Waals surface area contributed by atoms with Gasteiger partial charge in [-0.25, -0.2) is 0 Å². The fourth-order valence-electron chi connectivity index (χ4n) is 3.82. The summed E-state index contributed by atoms with van der Waals surface area (Å²) in [6.07, 6.45) is 8.67. The first-order valence-electron chi connectivity index (χ1n) is 8.93. The molecule has 124 valence electrons. The summed E-state index contributed by atoms with van der Waals surface area (Å²) in [6, 6.07) is 12.7. The standard InChI is InChI=1S/C20H23N3O/c24-20(22-16-7-2-1-3-8-16)18-14-17(10-12-21-18)23-13-11-15-6-4-5-9-19(15)23/h4-6,9-10,12,14,16H,1-3,7-8,11,13H2,(H,22,24). The highest BCUT2D eigenvalue weighted by molar-refractivity contribution is 5.93. The molecule has 2 aromatic rings. The third-order valence-electron chi connectivity index (χ3n) is 5.12. The molecular weight excluding hydrogens is 298 g/mol. The molecule has 1 amide bonds. The van der Waals surface area contributed by atoms with Crippen molar-refractivity contribution in [2.24, 2.45) is 0 Å². The zero-order chi connectivity index (χ0) is 16.4. The Labute approximate surface area is 142 Å². The number of hydrogen-bond donors (Lipinski definition) is 1. The predicted octanol–water partition coefficient (Wildman–Crippen LogP) is 3.84.